The fraction of sp³-hybridized carbons (Fsp3) is 0.533. The van der Waals surface area contributed by atoms with E-state index in [2.05, 4.69) is 22.4 Å². The van der Waals surface area contributed by atoms with Gasteiger partial charge in [-0.25, -0.2) is 0 Å². The number of hydrogen-bond donors (Lipinski definition) is 1. The van der Waals surface area contributed by atoms with Crippen molar-refractivity contribution in [2.45, 2.75) is 45.4 Å². The van der Waals surface area contributed by atoms with Gasteiger partial charge in [-0.05, 0) is 24.5 Å². The largest absolute Gasteiger partial charge is 0.296 e. The summed E-state index contributed by atoms with van der Waals surface area (Å²) in [5, 5.41) is 12.8. The highest BCUT2D eigenvalue weighted by molar-refractivity contribution is 7.16. The Balaban J connectivity index is 1.59. The Morgan fingerprint density at radius 3 is 2.81 bits per heavy atom. The van der Waals surface area contributed by atoms with Crippen LogP contribution in [0.5, 0.6) is 0 Å². The summed E-state index contributed by atoms with van der Waals surface area (Å²) in [6.45, 7) is 2.09. The summed E-state index contributed by atoms with van der Waals surface area (Å²) in [6, 6.07) is 3.88. The molecule has 4 nitrogen and oxygen atoms in total. The number of nitrogens with one attached hydrogen (secondary N) is 1. The second-order valence-electron chi connectivity index (χ2n) is 5.43. The molecular weight excluding hydrogens is 302 g/mol. The molecule has 0 aliphatic heterocycles. The van der Waals surface area contributed by atoms with Gasteiger partial charge in [-0.3, -0.25) is 10.1 Å². The topological polar surface area (TPSA) is 54.9 Å². The molecule has 1 aliphatic carbocycles. The lowest BCUT2D eigenvalue weighted by Gasteiger charge is -2.03. The molecule has 0 saturated heterocycles. The Morgan fingerprint density at radius 1 is 1.29 bits per heavy atom. The highest BCUT2D eigenvalue weighted by atomic mass is 32.1. The van der Waals surface area contributed by atoms with Crippen LogP contribution < -0.4 is 5.32 Å². The molecule has 0 spiro atoms. The molecule has 1 amide bonds. The maximum Gasteiger partial charge on any atom is 0.267 e. The van der Waals surface area contributed by atoms with Crippen molar-refractivity contribution < 1.29 is 4.79 Å². The van der Waals surface area contributed by atoms with Crippen molar-refractivity contribution >= 4 is 33.7 Å². The monoisotopic (exact) mass is 321 g/mol. The molecule has 1 aliphatic rings. The van der Waals surface area contributed by atoms with E-state index in [0.717, 1.165) is 28.6 Å². The average molecular weight is 321 g/mol. The van der Waals surface area contributed by atoms with Crippen LogP contribution in [0.2, 0.25) is 0 Å². The van der Waals surface area contributed by atoms with Crippen LogP contribution in [0.15, 0.2) is 12.1 Å². The van der Waals surface area contributed by atoms with Crippen molar-refractivity contribution in [2.75, 3.05) is 5.32 Å². The van der Waals surface area contributed by atoms with Gasteiger partial charge in [-0.15, -0.1) is 21.5 Å². The third-order valence-electron chi connectivity index (χ3n) is 3.86. The van der Waals surface area contributed by atoms with E-state index >= 15 is 0 Å². The van der Waals surface area contributed by atoms with Crippen molar-refractivity contribution in [1.82, 2.24) is 10.2 Å². The van der Waals surface area contributed by atoms with Gasteiger partial charge >= 0.3 is 0 Å². The lowest BCUT2D eigenvalue weighted by Crippen LogP contribution is -2.09. The van der Waals surface area contributed by atoms with Gasteiger partial charge in [-0.2, -0.15) is 0 Å². The van der Waals surface area contributed by atoms with Gasteiger partial charge in [0.1, 0.15) is 5.01 Å². The first-order valence-corrected chi connectivity index (χ1v) is 9.10. The fourth-order valence-corrected chi connectivity index (χ4v) is 4.39. The van der Waals surface area contributed by atoms with Crippen molar-refractivity contribution in [3.8, 4) is 0 Å². The Bertz CT molecular complexity index is 614. The smallest absolute Gasteiger partial charge is 0.267 e. The first-order chi connectivity index (χ1) is 10.2. The molecule has 21 heavy (non-hydrogen) atoms. The van der Waals surface area contributed by atoms with E-state index in [4.69, 9.17) is 0 Å². The molecule has 0 aromatic carbocycles. The SMILES string of the molecule is CCc1ccc(C(=O)Nc2nnc(CC3CCCC3)s2)s1. The Labute approximate surface area is 132 Å². The molecule has 1 saturated carbocycles. The summed E-state index contributed by atoms with van der Waals surface area (Å²) < 4.78 is 0. The lowest BCUT2D eigenvalue weighted by atomic mass is 10.1. The van der Waals surface area contributed by atoms with Crippen LogP contribution in [0.25, 0.3) is 0 Å². The van der Waals surface area contributed by atoms with E-state index in [1.54, 1.807) is 0 Å². The summed E-state index contributed by atoms with van der Waals surface area (Å²) >= 11 is 3.04. The number of amides is 1. The zero-order valence-electron chi connectivity index (χ0n) is 12.1. The number of rotatable bonds is 5. The van der Waals surface area contributed by atoms with Gasteiger partial charge < -0.3 is 0 Å². The third-order valence-corrected chi connectivity index (χ3v) is 5.95. The predicted molar refractivity (Wildman–Crippen MR) is 87.2 cm³/mol. The number of hydrogen-bond acceptors (Lipinski definition) is 5. The van der Waals surface area contributed by atoms with E-state index in [9.17, 15) is 4.79 Å². The molecule has 0 bridgehead atoms. The highest BCUT2D eigenvalue weighted by Gasteiger charge is 2.18. The van der Waals surface area contributed by atoms with Crippen molar-refractivity contribution in [2.24, 2.45) is 5.92 Å². The molecule has 0 unspecified atom stereocenters. The van der Waals surface area contributed by atoms with E-state index in [1.807, 2.05) is 12.1 Å². The number of aryl methyl sites for hydroxylation is 1. The van der Waals surface area contributed by atoms with Gasteiger partial charge in [0.25, 0.3) is 5.91 Å². The molecule has 0 atom stereocenters. The first-order valence-electron chi connectivity index (χ1n) is 7.47. The average Bonchev–Trinajstić information content (AvgIpc) is 3.20. The minimum absolute atomic E-state index is 0.0803. The van der Waals surface area contributed by atoms with Crippen molar-refractivity contribution in [3.05, 3.63) is 26.9 Å². The summed E-state index contributed by atoms with van der Waals surface area (Å²) in [5.41, 5.74) is 0. The quantitative estimate of drug-likeness (QED) is 0.900. The molecular formula is C15H19N3OS2. The standard InChI is InChI=1S/C15H19N3OS2/c1-2-11-7-8-12(20-11)14(19)16-15-18-17-13(21-15)9-10-5-3-4-6-10/h7-8,10H,2-6,9H2,1H3,(H,16,18,19). The maximum atomic E-state index is 12.1. The molecule has 112 valence electrons. The number of anilines is 1. The van der Waals surface area contributed by atoms with Crippen molar-refractivity contribution in [1.29, 1.82) is 0 Å². The zero-order chi connectivity index (χ0) is 14.7. The number of carbonyl (C=O) groups is 1. The molecule has 3 rings (SSSR count). The van der Waals surface area contributed by atoms with Crippen LogP contribution in [-0.4, -0.2) is 16.1 Å². The third kappa shape index (κ3) is 3.68. The lowest BCUT2D eigenvalue weighted by molar-refractivity contribution is 0.103. The molecule has 1 N–H and O–H groups in total. The predicted octanol–water partition coefficient (Wildman–Crippen LogP) is 4.15. The summed E-state index contributed by atoms with van der Waals surface area (Å²) in [7, 11) is 0. The van der Waals surface area contributed by atoms with Crippen LogP contribution in [0.1, 0.15) is 52.2 Å². The normalized spacial score (nSPS) is 15.5. The van der Waals surface area contributed by atoms with Crippen LogP contribution in [-0.2, 0) is 12.8 Å². The van der Waals surface area contributed by atoms with Gasteiger partial charge in [0, 0.05) is 11.3 Å². The minimum atomic E-state index is -0.0803. The van der Waals surface area contributed by atoms with Crippen LogP contribution in [0, 0.1) is 5.92 Å². The molecule has 6 heteroatoms. The molecule has 0 radical (unpaired) electrons. The van der Waals surface area contributed by atoms with E-state index < -0.39 is 0 Å². The Morgan fingerprint density at radius 2 is 2.10 bits per heavy atom. The minimum Gasteiger partial charge on any atom is -0.296 e. The molecule has 2 heterocycles. The highest BCUT2D eigenvalue weighted by Crippen LogP contribution is 2.29. The number of carbonyl (C=O) groups excluding carboxylic acids is 1. The molecule has 2 aromatic rings. The first kappa shape index (κ1) is 14.7. The Hall–Kier alpha value is -1.27. The van der Waals surface area contributed by atoms with E-state index in [1.165, 1.54) is 53.2 Å². The summed E-state index contributed by atoms with van der Waals surface area (Å²) in [4.78, 5) is 14.1. The van der Waals surface area contributed by atoms with Gasteiger partial charge in [0.2, 0.25) is 5.13 Å². The van der Waals surface area contributed by atoms with Crippen LogP contribution >= 0.6 is 22.7 Å². The zero-order valence-corrected chi connectivity index (χ0v) is 13.7. The van der Waals surface area contributed by atoms with Gasteiger partial charge in [0.05, 0.1) is 4.88 Å². The van der Waals surface area contributed by atoms with Crippen molar-refractivity contribution in [3.63, 3.8) is 0 Å². The second kappa shape index (κ2) is 6.66. The van der Waals surface area contributed by atoms with Crippen LogP contribution in [0.4, 0.5) is 5.13 Å². The molecule has 1 fully saturated rings. The fourth-order valence-electron chi connectivity index (χ4n) is 2.70. The van der Waals surface area contributed by atoms with Crippen LogP contribution in [0.3, 0.4) is 0 Å². The van der Waals surface area contributed by atoms with Gasteiger partial charge in [-0.1, -0.05) is 43.9 Å². The second-order valence-corrected chi connectivity index (χ2v) is 7.66. The molecule has 2 aromatic heterocycles. The van der Waals surface area contributed by atoms with E-state index in [0.29, 0.717) is 5.13 Å². The number of thiophene rings is 1. The number of aromatic nitrogens is 2. The summed E-state index contributed by atoms with van der Waals surface area (Å²) in [6.07, 6.45) is 7.25. The Kier molecular flexibility index (Phi) is 4.65. The van der Waals surface area contributed by atoms with E-state index in [-0.39, 0.29) is 5.91 Å². The summed E-state index contributed by atoms with van der Waals surface area (Å²) in [5.74, 6) is 0.675. The van der Waals surface area contributed by atoms with Gasteiger partial charge in [0.15, 0.2) is 0 Å². The number of nitrogens with zero attached hydrogens (tertiary/aromatic N) is 2. The maximum absolute atomic E-state index is 12.1.